The fourth-order valence-electron chi connectivity index (χ4n) is 4.88. The highest BCUT2D eigenvalue weighted by Gasteiger charge is 2.44. The topological polar surface area (TPSA) is 69.0 Å². The highest BCUT2D eigenvalue weighted by atomic mass is 16.5. The molecule has 0 amide bonds. The van der Waals surface area contributed by atoms with Gasteiger partial charge in [0.2, 0.25) is 5.88 Å². The zero-order valence-corrected chi connectivity index (χ0v) is 16.6. The molecule has 4 heterocycles. The second kappa shape index (κ2) is 7.91. The fourth-order valence-corrected chi connectivity index (χ4v) is 4.88. The third-order valence-electron chi connectivity index (χ3n) is 6.16. The van der Waals surface area contributed by atoms with Gasteiger partial charge in [-0.3, -0.25) is 9.58 Å². The third kappa shape index (κ3) is 4.00. The van der Waals surface area contributed by atoms with E-state index in [2.05, 4.69) is 42.8 Å². The van der Waals surface area contributed by atoms with Crippen molar-refractivity contribution >= 4 is 0 Å². The lowest BCUT2D eigenvalue weighted by Gasteiger charge is -2.37. The van der Waals surface area contributed by atoms with Gasteiger partial charge in [0.25, 0.3) is 0 Å². The standard InChI is InChI=1S/C22H26N6O/c1-16-8-26-28(11-16)20-6-18-13-27(12-17-9-23-15-24-10-17)14-19(18)7-21(20)29-22-4-2-3-5-25-22/h2-5,8-11,15,18-21H,6-7,12-14H2,1H3/t18-,19+,20-,21-/m0/s1. The minimum atomic E-state index is 0.0745. The van der Waals surface area contributed by atoms with Crippen molar-refractivity contribution in [2.24, 2.45) is 11.8 Å². The van der Waals surface area contributed by atoms with Gasteiger partial charge in [-0.2, -0.15) is 5.10 Å². The lowest BCUT2D eigenvalue weighted by molar-refractivity contribution is 0.0459. The molecule has 0 N–H and O–H groups in total. The molecule has 0 spiro atoms. The number of nitrogens with zero attached hydrogens (tertiary/aromatic N) is 6. The summed E-state index contributed by atoms with van der Waals surface area (Å²) in [5.41, 5.74) is 2.35. The zero-order chi connectivity index (χ0) is 19.6. The van der Waals surface area contributed by atoms with Gasteiger partial charge in [0.15, 0.2) is 0 Å². The van der Waals surface area contributed by atoms with Crippen molar-refractivity contribution in [3.05, 3.63) is 66.6 Å². The van der Waals surface area contributed by atoms with Gasteiger partial charge >= 0.3 is 0 Å². The molecular weight excluding hydrogens is 364 g/mol. The van der Waals surface area contributed by atoms with Crippen molar-refractivity contribution in [1.29, 1.82) is 0 Å². The van der Waals surface area contributed by atoms with Crippen LogP contribution in [0.2, 0.25) is 0 Å². The first-order valence-electron chi connectivity index (χ1n) is 10.3. The van der Waals surface area contributed by atoms with Crippen LogP contribution in [0.4, 0.5) is 0 Å². The van der Waals surface area contributed by atoms with Crippen LogP contribution in [0.25, 0.3) is 0 Å². The van der Waals surface area contributed by atoms with Crippen molar-refractivity contribution in [3.8, 4) is 5.88 Å². The van der Waals surface area contributed by atoms with Crippen LogP contribution < -0.4 is 4.74 Å². The zero-order valence-electron chi connectivity index (χ0n) is 16.6. The number of fused-ring (bicyclic) bond motifs is 1. The maximum absolute atomic E-state index is 6.38. The molecule has 4 atom stereocenters. The highest BCUT2D eigenvalue weighted by molar-refractivity contribution is 5.12. The largest absolute Gasteiger partial charge is 0.472 e. The van der Waals surface area contributed by atoms with E-state index in [1.54, 1.807) is 12.5 Å². The Morgan fingerprint density at radius 2 is 1.90 bits per heavy atom. The quantitative estimate of drug-likeness (QED) is 0.667. The smallest absolute Gasteiger partial charge is 0.213 e. The Morgan fingerprint density at radius 3 is 2.62 bits per heavy atom. The van der Waals surface area contributed by atoms with Gasteiger partial charge in [0, 0.05) is 56.1 Å². The molecule has 2 aliphatic rings. The summed E-state index contributed by atoms with van der Waals surface area (Å²) in [6.07, 6.45) is 13.4. The molecule has 7 nitrogen and oxygen atoms in total. The molecule has 0 unspecified atom stereocenters. The molecule has 0 bridgehead atoms. The van der Waals surface area contributed by atoms with Gasteiger partial charge in [-0.05, 0) is 43.2 Å². The maximum Gasteiger partial charge on any atom is 0.213 e. The van der Waals surface area contributed by atoms with Gasteiger partial charge in [0.1, 0.15) is 12.4 Å². The number of ether oxygens (including phenoxy) is 1. The monoisotopic (exact) mass is 390 g/mol. The lowest BCUT2D eigenvalue weighted by atomic mass is 9.77. The van der Waals surface area contributed by atoms with Crippen LogP contribution in [0.3, 0.4) is 0 Å². The van der Waals surface area contributed by atoms with Crippen LogP contribution >= 0.6 is 0 Å². The Kier molecular flexibility index (Phi) is 4.97. The molecular formula is C22H26N6O. The Labute approximate surface area is 170 Å². The van der Waals surface area contributed by atoms with E-state index in [-0.39, 0.29) is 12.1 Å². The molecule has 7 heteroatoms. The van der Waals surface area contributed by atoms with E-state index >= 15 is 0 Å². The van der Waals surface area contributed by atoms with Gasteiger partial charge in [-0.1, -0.05) is 6.07 Å². The van der Waals surface area contributed by atoms with Crippen molar-refractivity contribution in [2.75, 3.05) is 13.1 Å². The average Bonchev–Trinajstić information content (AvgIpc) is 3.34. The molecule has 3 aromatic rings. The Balaban J connectivity index is 1.34. The normalized spacial score (nSPS) is 26.9. The van der Waals surface area contributed by atoms with Crippen molar-refractivity contribution < 1.29 is 4.74 Å². The first kappa shape index (κ1) is 18.2. The molecule has 1 aliphatic carbocycles. The third-order valence-corrected chi connectivity index (χ3v) is 6.16. The van der Waals surface area contributed by atoms with Gasteiger partial charge in [0.05, 0.1) is 12.2 Å². The SMILES string of the molecule is Cc1cnn([C@H]2C[C@H]3CN(Cc4cncnc4)C[C@H]3C[C@@H]2Oc2ccccn2)c1. The van der Waals surface area contributed by atoms with Crippen LogP contribution in [-0.4, -0.2) is 48.8 Å². The van der Waals surface area contributed by atoms with Crippen molar-refractivity contribution in [1.82, 2.24) is 29.6 Å². The summed E-state index contributed by atoms with van der Waals surface area (Å²) in [4.78, 5) is 15.2. The fraction of sp³-hybridized carbons (Fsp3) is 0.455. The van der Waals surface area contributed by atoms with Gasteiger partial charge in [-0.25, -0.2) is 15.0 Å². The predicted octanol–water partition coefficient (Wildman–Crippen LogP) is 2.91. The second-order valence-corrected chi connectivity index (χ2v) is 8.32. The van der Waals surface area contributed by atoms with E-state index in [4.69, 9.17) is 4.74 Å². The van der Waals surface area contributed by atoms with Crippen LogP contribution in [0, 0.1) is 18.8 Å². The molecule has 0 radical (unpaired) electrons. The molecule has 2 fully saturated rings. The Bertz CT molecular complexity index is 931. The molecule has 1 saturated carbocycles. The number of rotatable bonds is 5. The lowest BCUT2D eigenvalue weighted by Crippen LogP contribution is -2.40. The van der Waals surface area contributed by atoms with Gasteiger partial charge in [-0.15, -0.1) is 0 Å². The summed E-state index contributed by atoms with van der Waals surface area (Å²) in [6, 6.07) is 6.06. The number of likely N-dealkylation sites (tertiary alicyclic amines) is 1. The summed E-state index contributed by atoms with van der Waals surface area (Å²) in [7, 11) is 0. The van der Waals surface area contributed by atoms with E-state index < -0.39 is 0 Å². The Hall–Kier alpha value is -2.80. The first-order valence-corrected chi connectivity index (χ1v) is 10.3. The van der Waals surface area contributed by atoms with E-state index in [1.165, 1.54) is 11.1 Å². The van der Waals surface area contributed by atoms with Crippen LogP contribution in [0.1, 0.15) is 30.0 Å². The first-order chi connectivity index (χ1) is 14.2. The second-order valence-electron chi connectivity index (χ2n) is 8.32. The molecule has 0 aromatic carbocycles. The highest BCUT2D eigenvalue weighted by Crippen LogP contribution is 2.42. The number of aromatic nitrogens is 5. The number of hydrogen-bond acceptors (Lipinski definition) is 6. The molecule has 150 valence electrons. The number of hydrogen-bond donors (Lipinski definition) is 0. The summed E-state index contributed by atoms with van der Waals surface area (Å²) < 4.78 is 8.49. The minimum Gasteiger partial charge on any atom is -0.472 e. The number of aryl methyl sites for hydroxylation is 1. The summed E-state index contributed by atoms with van der Waals surface area (Å²) in [6.45, 7) is 5.19. The predicted molar refractivity (Wildman–Crippen MR) is 108 cm³/mol. The molecule has 5 rings (SSSR count). The summed E-state index contributed by atoms with van der Waals surface area (Å²) in [5.74, 6) is 1.97. The molecule has 3 aromatic heterocycles. The molecule has 1 aliphatic heterocycles. The maximum atomic E-state index is 6.38. The van der Waals surface area contributed by atoms with E-state index in [1.807, 2.05) is 36.8 Å². The minimum absolute atomic E-state index is 0.0745. The van der Waals surface area contributed by atoms with Crippen LogP contribution in [0.5, 0.6) is 5.88 Å². The van der Waals surface area contributed by atoms with E-state index in [9.17, 15) is 0 Å². The van der Waals surface area contributed by atoms with E-state index in [0.29, 0.717) is 17.7 Å². The van der Waals surface area contributed by atoms with Crippen LogP contribution in [0.15, 0.2) is 55.5 Å². The summed E-state index contributed by atoms with van der Waals surface area (Å²) in [5, 5.41) is 4.62. The van der Waals surface area contributed by atoms with Crippen molar-refractivity contribution in [2.45, 2.75) is 38.5 Å². The van der Waals surface area contributed by atoms with Gasteiger partial charge < -0.3 is 4.74 Å². The summed E-state index contributed by atoms with van der Waals surface area (Å²) >= 11 is 0. The number of pyridine rings is 1. The Morgan fingerprint density at radius 1 is 1.07 bits per heavy atom. The molecule has 1 saturated heterocycles. The molecule has 29 heavy (non-hydrogen) atoms. The average molecular weight is 390 g/mol. The van der Waals surface area contributed by atoms with E-state index in [0.717, 1.165) is 32.5 Å². The van der Waals surface area contributed by atoms with Crippen molar-refractivity contribution in [3.63, 3.8) is 0 Å². The van der Waals surface area contributed by atoms with Crippen LogP contribution in [-0.2, 0) is 6.54 Å².